The minimum atomic E-state index is -0.215. The van der Waals surface area contributed by atoms with Gasteiger partial charge in [-0.1, -0.05) is 20.8 Å². The number of ether oxygens (including phenoxy) is 1. The van der Waals surface area contributed by atoms with E-state index in [1.807, 2.05) is 4.68 Å². The minimum Gasteiger partial charge on any atom is -0.373 e. The van der Waals surface area contributed by atoms with Crippen LogP contribution in [0.3, 0.4) is 0 Å². The number of carbonyl (C=O) groups excluding carboxylic acids is 1. The molecule has 0 aromatic carbocycles. The van der Waals surface area contributed by atoms with Crippen LogP contribution < -0.4 is 5.32 Å². The van der Waals surface area contributed by atoms with Gasteiger partial charge in [0.25, 0.3) is 5.91 Å². The fourth-order valence-corrected chi connectivity index (χ4v) is 3.22. The molecule has 1 saturated heterocycles. The first-order chi connectivity index (χ1) is 10.5. The van der Waals surface area contributed by atoms with Gasteiger partial charge >= 0.3 is 0 Å². The van der Waals surface area contributed by atoms with Crippen molar-refractivity contribution in [3.05, 3.63) is 17.5 Å². The molecule has 1 aliphatic rings. The van der Waals surface area contributed by atoms with Gasteiger partial charge in [0.2, 0.25) is 0 Å². The second-order valence-electron chi connectivity index (χ2n) is 6.36. The number of nitrogens with zero attached hydrogens (tertiary/aromatic N) is 2. The van der Waals surface area contributed by atoms with E-state index < -0.39 is 0 Å². The largest absolute Gasteiger partial charge is 0.373 e. The first-order valence-corrected chi connectivity index (χ1v) is 8.53. The van der Waals surface area contributed by atoms with Crippen molar-refractivity contribution in [2.75, 3.05) is 13.2 Å². The van der Waals surface area contributed by atoms with E-state index in [-0.39, 0.29) is 11.5 Å². The minimum absolute atomic E-state index is 0.0363. The smallest absolute Gasteiger partial charge is 0.254 e. The molecule has 2 heterocycles. The van der Waals surface area contributed by atoms with E-state index >= 15 is 0 Å². The summed E-state index contributed by atoms with van der Waals surface area (Å²) in [7, 11) is 0. The van der Waals surface area contributed by atoms with E-state index in [4.69, 9.17) is 4.74 Å². The van der Waals surface area contributed by atoms with Gasteiger partial charge in [0.05, 0.1) is 29.1 Å². The average Bonchev–Trinajstić information content (AvgIpc) is 3.13. The fourth-order valence-electron chi connectivity index (χ4n) is 3.22. The van der Waals surface area contributed by atoms with Crippen LogP contribution in [0.4, 0.5) is 0 Å². The van der Waals surface area contributed by atoms with Crippen molar-refractivity contribution < 1.29 is 9.53 Å². The molecule has 1 fully saturated rings. The molecule has 1 aromatic heterocycles. The predicted molar refractivity (Wildman–Crippen MR) is 87.1 cm³/mol. The lowest BCUT2D eigenvalue weighted by atomic mass is 10.0. The first kappa shape index (κ1) is 17.0. The van der Waals surface area contributed by atoms with Gasteiger partial charge in [0.15, 0.2) is 0 Å². The third-order valence-corrected chi connectivity index (χ3v) is 4.69. The molecule has 1 amide bonds. The van der Waals surface area contributed by atoms with Crippen molar-refractivity contribution in [1.29, 1.82) is 0 Å². The Morgan fingerprint density at radius 1 is 1.45 bits per heavy atom. The molecule has 5 nitrogen and oxygen atoms in total. The molecule has 0 spiro atoms. The van der Waals surface area contributed by atoms with Crippen LogP contribution in [0.2, 0.25) is 0 Å². The van der Waals surface area contributed by atoms with Crippen molar-refractivity contribution in [2.45, 2.75) is 71.4 Å². The molecule has 0 unspecified atom stereocenters. The van der Waals surface area contributed by atoms with Crippen LogP contribution in [-0.2, 0) is 11.2 Å². The number of amides is 1. The molecule has 0 radical (unpaired) electrons. The molecule has 0 bridgehead atoms. The van der Waals surface area contributed by atoms with Gasteiger partial charge in [-0.05, 0) is 39.0 Å². The van der Waals surface area contributed by atoms with Gasteiger partial charge in [0.1, 0.15) is 0 Å². The molecule has 0 aliphatic carbocycles. The van der Waals surface area contributed by atoms with Crippen LogP contribution in [-0.4, -0.2) is 34.4 Å². The van der Waals surface area contributed by atoms with Crippen LogP contribution in [0.25, 0.3) is 0 Å². The van der Waals surface area contributed by atoms with Gasteiger partial charge in [0, 0.05) is 13.2 Å². The number of nitrogens with one attached hydrogen (secondary N) is 1. The van der Waals surface area contributed by atoms with Crippen molar-refractivity contribution in [3.63, 3.8) is 0 Å². The lowest BCUT2D eigenvalue weighted by molar-refractivity contribution is 0.0206. The quantitative estimate of drug-likeness (QED) is 0.842. The second kappa shape index (κ2) is 7.27. The molecule has 124 valence electrons. The van der Waals surface area contributed by atoms with Gasteiger partial charge in [-0.25, -0.2) is 0 Å². The SMILES string of the molecule is CCc1c(C(=O)NC[C@]2(C)CCCO2)cnn1C(CC)CC. The Balaban J connectivity index is 2.09. The number of carbonyl (C=O) groups is 1. The Labute approximate surface area is 133 Å². The highest BCUT2D eigenvalue weighted by molar-refractivity contribution is 5.95. The third kappa shape index (κ3) is 3.51. The maximum absolute atomic E-state index is 12.5. The molecule has 2 rings (SSSR count). The molecule has 5 heteroatoms. The zero-order valence-corrected chi connectivity index (χ0v) is 14.3. The summed E-state index contributed by atoms with van der Waals surface area (Å²) in [6.07, 6.45) is 6.65. The first-order valence-electron chi connectivity index (χ1n) is 8.53. The average molecular weight is 307 g/mol. The summed E-state index contributed by atoms with van der Waals surface area (Å²) in [6.45, 7) is 9.81. The van der Waals surface area contributed by atoms with Crippen molar-refractivity contribution in [3.8, 4) is 0 Å². The number of hydrogen-bond donors (Lipinski definition) is 1. The Hall–Kier alpha value is -1.36. The summed E-state index contributed by atoms with van der Waals surface area (Å²) < 4.78 is 7.76. The fraction of sp³-hybridized carbons (Fsp3) is 0.765. The standard InChI is InChI=1S/C17H29N3O2/c1-5-13(6-2)20-15(7-3)14(11-19-20)16(21)18-12-17(4)9-8-10-22-17/h11,13H,5-10,12H2,1-4H3,(H,18,21)/t17-/m0/s1. The van der Waals surface area contributed by atoms with Gasteiger partial charge < -0.3 is 10.1 Å². The topological polar surface area (TPSA) is 56.1 Å². The predicted octanol–water partition coefficient (Wildman–Crippen LogP) is 3.11. The van der Waals surface area contributed by atoms with Gasteiger partial charge in [-0.2, -0.15) is 5.10 Å². The summed E-state index contributed by atoms with van der Waals surface area (Å²) in [5, 5.41) is 7.50. The Morgan fingerprint density at radius 2 is 2.18 bits per heavy atom. The summed E-state index contributed by atoms with van der Waals surface area (Å²) in [4.78, 5) is 12.5. The zero-order chi connectivity index (χ0) is 16.2. The summed E-state index contributed by atoms with van der Waals surface area (Å²) in [6, 6.07) is 0.368. The lowest BCUT2D eigenvalue weighted by Crippen LogP contribution is -2.40. The maximum Gasteiger partial charge on any atom is 0.254 e. The van der Waals surface area contributed by atoms with Crippen LogP contribution in [0.5, 0.6) is 0 Å². The molecule has 1 atom stereocenters. The Bertz CT molecular complexity index is 500. The highest BCUT2D eigenvalue weighted by Gasteiger charge is 2.30. The Morgan fingerprint density at radius 3 is 2.73 bits per heavy atom. The molecule has 1 N–H and O–H groups in total. The Kier molecular flexibility index (Phi) is 5.62. The lowest BCUT2D eigenvalue weighted by Gasteiger charge is -2.23. The maximum atomic E-state index is 12.5. The van der Waals surface area contributed by atoms with Crippen molar-refractivity contribution in [1.82, 2.24) is 15.1 Å². The van der Waals surface area contributed by atoms with Crippen LogP contribution >= 0.6 is 0 Å². The molecule has 0 saturated carbocycles. The van der Waals surface area contributed by atoms with Crippen molar-refractivity contribution >= 4 is 5.91 Å². The van der Waals surface area contributed by atoms with E-state index in [0.29, 0.717) is 18.2 Å². The van der Waals surface area contributed by atoms with Gasteiger partial charge in [-0.3, -0.25) is 9.48 Å². The van der Waals surface area contributed by atoms with E-state index in [9.17, 15) is 4.79 Å². The van der Waals surface area contributed by atoms with Crippen LogP contribution in [0, 0.1) is 0 Å². The second-order valence-corrected chi connectivity index (χ2v) is 6.36. The van der Waals surface area contributed by atoms with Crippen LogP contribution in [0.1, 0.15) is 75.5 Å². The van der Waals surface area contributed by atoms with E-state index in [0.717, 1.165) is 44.4 Å². The molecular formula is C17H29N3O2. The number of hydrogen-bond acceptors (Lipinski definition) is 3. The molecule has 1 aromatic rings. The van der Waals surface area contributed by atoms with E-state index in [1.54, 1.807) is 6.20 Å². The summed E-state index contributed by atoms with van der Waals surface area (Å²) >= 11 is 0. The molecule has 1 aliphatic heterocycles. The number of rotatable bonds is 7. The van der Waals surface area contributed by atoms with E-state index in [2.05, 4.69) is 38.1 Å². The third-order valence-electron chi connectivity index (χ3n) is 4.69. The highest BCUT2D eigenvalue weighted by atomic mass is 16.5. The monoisotopic (exact) mass is 307 g/mol. The van der Waals surface area contributed by atoms with Gasteiger partial charge in [-0.15, -0.1) is 0 Å². The normalized spacial score (nSPS) is 21.5. The molecule has 22 heavy (non-hydrogen) atoms. The van der Waals surface area contributed by atoms with Crippen molar-refractivity contribution in [2.24, 2.45) is 0 Å². The zero-order valence-electron chi connectivity index (χ0n) is 14.3. The summed E-state index contributed by atoms with van der Waals surface area (Å²) in [5.41, 5.74) is 1.52. The number of aromatic nitrogens is 2. The molecular weight excluding hydrogens is 278 g/mol. The highest BCUT2D eigenvalue weighted by Crippen LogP contribution is 2.24. The van der Waals surface area contributed by atoms with Crippen LogP contribution in [0.15, 0.2) is 6.20 Å². The summed E-state index contributed by atoms with van der Waals surface area (Å²) in [5.74, 6) is -0.0363. The van der Waals surface area contributed by atoms with E-state index in [1.165, 1.54) is 0 Å².